The van der Waals surface area contributed by atoms with Crippen molar-refractivity contribution in [2.75, 3.05) is 19.7 Å². The van der Waals surface area contributed by atoms with E-state index in [0.29, 0.717) is 19.5 Å². The van der Waals surface area contributed by atoms with Crippen LogP contribution in [0, 0.1) is 17.6 Å². The normalized spacial score (nSPS) is 21.5. The summed E-state index contributed by atoms with van der Waals surface area (Å²) >= 11 is 5.82. The predicted molar refractivity (Wildman–Crippen MR) is 111 cm³/mol. The molecule has 1 saturated heterocycles. The number of nitrogens with one attached hydrogen (secondary N) is 2. The molecule has 2 aliphatic rings. The molecule has 3 atom stereocenters. The van der Waals surface area contributed by atoms with E-state index in [1.165, 1.54) is 11.0 Å². The quantitative estimate of drug-likeness (QED) is 0.705. The van der Waals surface area contributed by atoms with E-state index in [2.05, 4.69) is 10.6 Å². The van der Waals surface area contributed by atoms with Crippen LogP contribution in [0.1, 0.15) is 24.1 Å². The molecule has 0 bridgehead atoms. The van der Waals surface area contributed by atoms with Gasteiger partial charge in [0.2, 0.25) is 5.91 Å². The van der Waals surface area contributed by atoms with Crippen molar-refractivity contribution in [2.24, 2.45) is 5.92 Å². The second-order valence-electron chi connectivity index (χ2n) is 7.74. The number of benzene rings is 2. The number of hydrogen-bond donors (Lipinski definition) is 2. The van der Waals surface area contributed by atoms with Crippen LogP contribution in [-0.4, -0.2) is 42.6 Å². The number of fused-ring (bicyclic) bond motifs is 1. The lowest BCUT2D eigenvalue weighted by molar-refractivity contribution is -0.126. The third-order valence-electron chi connectivity index (χ3n) is 5.82. The molecule has 2 N–H and O–H groups in total. The Labute approximate surface area is 183 Å². The molecule has 2 heterocycles. The van der Waals surface area contributed by atoms with Gasteiger partial charge in [-0.25, -0.2) is 13.6 Å². The maximum Gasteiger partial charge on any atom is 0.318 e. The van der Waals surface area contributed by atoms with E-state index in [-0.39, 0.29) is 24.0 Å². The first-order valence-electron chi connectivity index (χ1n) is 10.1. The summed E-state index contributed by atoms with van der Waals surface area (Å²) in [6, 6.07) is 7.85. The number of halogens is 3. The number of rotatable bonds is 3. The molecule has 2 aromatic carbocycles. The van der Waals surface area contributed by atoms with Crippen molar-refractivity contribution < 1.29 is 23.1 Å². The van der Waals surface area contributed by atoms with Gasteiger partial charge in [-0.1, -0.05) is 35.9 Å². The van der Waals surface area contributed by atoms with Crippen LogP contribution in [0.25, 0.3) is 0 Å². The average molecular weight is 450 g/mol. The number of para-hydroxylation sites is 1. The smallest absolute Gasteiger partial charge is 0.318 e. The summed E-state index contributed by atoms with van der Waals surface area (Å²) in [5.74, 6) is -1.65. The highest BCUT2D eigenvalue weighted by Gasteiger charge is 2.36. The molecular formula is C22H22ClF2N3O3. The van der Waals surface area contributed by atoms with Crippen LogP contribution < -0.4 is 15.4 Å². The van der Waals surface area contributed by atoms with Crippen molar-refractivity contribution in [1.29, 1.82) is 0 Å². The minimum Gasteiger partial charge on any atom is -0.493 e. The van der Waals surface area contributed by atoms with Gasteiger partial charge >= 0.3 is 6.03 Å². The SMILES string of the molecule is C[C@@H]1C(=O)NCCN1C(=O)N[C@@H](c1ccc(F)c(Cl)c1F)[C@@H]1COc2ccccc2C1. The highest BCUT2D eigenvalue weighted by molar-refractivity contribution is 6.31. The van der Waals surface area contributed by atoms with E-state index in [4.69, 9.17) is 16.3 Å². The standard InChI is InChI=1S/C22H22ClF2N3O3/c1-12-21(29)26-8-9-28(12)22(30)27-20(15-6-7-16(24)18(23)19(15)25)14-10-13-4-2-3-5-17(13)31-11-14/h2-7,12,14,20H,8-11H2,1H3,(H,26,29)(H,27,30)/t12-,14+,20-/m1/s1. The monoisotopic (exact) mass is 449 g/mol. The largest absolute Gasteiger partial charge is 0.493 e. The maximum absolute atomic E-state index is 15.0. The number of hydrogen-bond acceptors (Lipinski definition) is 3. The zero-order chi connectivity index (χ0) is 22.1. The molecule has 0 spiro atoms. The Balaban J connectivity index is 1.66. The molecule has 3 amide bonds. The molecule has 6 nitrogen and oxygen atoms in total. The highest BCUT2D eigenvalue weighted by Crippen LogP contribution is 2.36. The van der Waals surface area contributed by atoms with Crippen LogP contribution in [0.3, 0.4) is 0 Å². The molecule has 0 aliphatic carbocycles. The summed E-state index contributed by atoms with van der Waals surface area (Å²) in [6.07, 6.45) is 0.519. The zero-order valence-electron chi connectivity index (χ0n) is 16.8. The Morgan fingerprint density at radius 2 is 2.06 bits per heavy atom. The topological polar surface area (TPSA) is 70.7 Å². The number of ether oxygens (including phenoxy) is 1. The fourth-order valence-corrected chi connectivity index (χ4v) is 4.24. The Morgan fingerprint density at radius 3 is 2.87 bits per heavy atom. The van der Waals surface area contributed by atoms with Gasteiger partial charge in [0.1, 0.15) is 28.4 Å². The number of piperazine rings is 1. The van der Waals surface area contributed by atoms with Crippen molar-refractivity contribution >= 4 is 23.5 Å². The molecule has 2 aromatic rings. The molecule has 31 heavy (non-hydrogen) atoms. The Bertz CT molecular complexity index is 1020. The van der Waals surface area contributed by atoms with Gasteiger partial charge in [-0.2, -0.15) is 0 Å². The number of nitrogens with zero attached hydrogens (tertiary/aromatic N) is 1. The third kappa shape index (κ3) is 4.17. The van der Waals surface area contributed by atoms with Gasteiger partial charge < -0.3 is 20.3 Å². The van der Waals surface area contributed by atoms with Crippen molar-refractivity contribution in [3.05, 3.63) is 64.2 Å². The van der Waals surface area contributed by atoms with Crippen molar-refractivity contribution in [2.45, 2.75) is 25.4 Å². The number of urea groups is 1. The lowest BCUT2D eigenvalue weighted by atomic mass is 9.86. The van der Waals surface area contributed by atoms with Gasteiger partial charge in [0.05, 0.1) is 12.6 Å². The summed E-state index contributed by atoms with van der Waals surface area (Å²) in [6.45, 7) is 2.50. The van der Waals surface area contributed by atoms with Crippen LogP contribution in [0.15, 0.2) is 36.4 Å². The molecule has 0 aromatic heterocycles. The first kappa shape index (κ1) is 21.4. The van der Waals surface area contributed by atoms with E-state index in [1.807, 2.05) is 24.3 Å². The summed E-state index contributed by atoms with van der Waals surface area (Å²) < 4.78 is 34.6. The minimum atomic E-state index is -0.921. The summed E-state index contributed by atoms with van der Waals surface area (Å²) in [7, 11) is 0. The van der Waals surface area contributed by atoms with E-state index in [0.717, 1.165) is 17.4 Å². The fourth-order valence-electron chi connectivity index (χ4n) is 4.07. The molecule has 1 fully saturated rings. The molecular weight excluding hydrogens is 428 g/mol. The molecule has 9 heteroatoms. The zero-order valence-corrected chi connectivity index (χ0v) is 17.6. The number of carbonyl (C=O) groups excluding carboxylic acids is 2. The Hall–Kier alpha value is -2.87. The lowest BCUT2D eigenvalue weighted by Gasteiger charge is -2.37. The van der Waals surface area contributed by atoms with Crippen LogP contribution >= 0.6 is 11.6 Å². The van der Waals surface area contributed by atoms with Crippen LogP contribution in [-0.2, 0) is 11.2 Å². The lowest BCUT2D eigenvalue weighted by Crippen LogP contribution is -2.59. The molecule has 2 aliphatic heterocycles. The molecule has 0 unspecified atom stereocenters. The Morgan fingerprint density at radius 1 is 1.29 bits per heavy atom. The Kier molecular flexibility index (Phi) is 6.00. The van der Waals surface area contributed by atoms with Gasteiger partial charge in [0, 0.05) is 24.6 Å². The summed E-state index contributed by atoms with van der Waals surface area (Å²) in [5, 5.41) is 4.92. The van der Waals surface area contributed by atoms with Gasteiger partial charge in [-0.15, -0.1) is 0 Å². The first-order chi connectivity index (χ1) is 14.9. The second kappa shape index (κ2) is 8.70. The van der Waals surface area contributed by atoms with Gasteiger partial charge in [0.25, 0.3) is 0 Å². The molecule has 0 saturated carbocycles. The molecule has 4 rings (SSSR count). The summed E-state index contributed by atoms with van der Waals surface area (Å²) in [5.41, 5.74) is 0.999. The van der Waals surface area contributed by atoms with E-state index in [1.54, 1.807) is 6.92 Å². The number of carbonyl (C=O) groups is 2. The fraction of sp³-hybridized carbons (Fsp3) is 0.364. The van der Waals surface area contributed by atoms with Gasteiger partial charge in [-0.3, -0.25) is 4.79 Å². The second-order valence-corrected chi connectivity index (χ2v) is 8.11. The van der Waals surface area contributed by atoms with Gasteiger partial charge in [-0.05, 0) is 31.0 Å². The van der Waals surface area contributed by atoms with Crippen LogP contribution in [0.4, 0.5) is 13.6 Å². The van der Waals surface area contributed by atoms with Gasteiger partial charge in [0.15, 0.2) is 0 Å². The minimum absolute atomic E-state index is 0.0712. The summed E-state index contributed by atoms with van der Waals surface area (Å²) in [4.78, 5) is 26.4. The van der Waals surface area contributed by atoms with Crippen molar-refractivity contribution in [3.63, 3.8) is 0 Å². The van der Waals surface area contributed by atoms with Crippen LogP contribution in [0.2, 0.25) is 5.02 Å². The molecule has 164 valence electrons. The van der Waals surface area contributed by atoms with E-state index < -0.39 is 34.8 Å². The molecule has 0 radical (unpaired) electrons. The maximum atomic E-state index is 15.0. The van der Waals surface area contributed by atoms with Crippen molar-refractivity contribution in [3.8, 4) is 5.75 Å². The number of amides is 3. The van der Waals surface area contributed by atoms with Crippen molar-refractivity contribution in [1.82, 2.24) is 15.5 Å². The highest BCUT2D eigenvalue weighted by atomic mass is 35.5. The predicted octanol–water partition coefficient (Wildman–Crippen LogP) is 3.44. The first-order valence-corrected chi connectivity index (χ1v) is 10.4. The average Bonchev–Trinajstić information content (AvgIpc) is 2.78. The van der Waals surface area contributed by atoms with Crippen LogP contribution in [0.5, 0.6) is 5.75 Å². The third-order valence-corrected chi connectivity index (χ3v) is 6.16. The van der Waals surface area contributed by atoms with E-state index in [9.17, 15) is 18.4 Å². The van der Waals surface area contributed by atoms with E-state index >= 15 is 0 Å².